The van der Waals surface area contributed by atoms with Crippen molar-refractivity contribution in [1.29, 1.82) is 0 Å². The van der Waals surface area contributed by atoms with E-state index in [-0.39, 0.29) is 16.7 Å². The molecular formula is C19H19N5O3S. The van der Waals surface area contributed by atoms with E-state index < -0.39 is 10.0 Å². The van der Waals surface area contributed by atoms with Gasteiger partial charge in [0.05, 0.1) is 28.5 Å². The Morgan fingerprint density at radius 2 is 1.93 bits per heavy atom. The number of phenolic OH excluding ortho intramolecular Hbond substituents is 1. The summed E-state index contributed by atoms with van der Waals surface area (Å²) in [5.41, 5.74) is 3.37. The van der Waals surface area contributed by atoms with E-state index >= 15 is 0 Å². The third-order valence-corrected chi connectivity index (χ3v) is 5.56. The monoisotopic (exact) mass is 397 g/mol. The van der Waals surface area contributed by atoms with Gasteiger partial charge in [-0.2, -0.15) is 10.2 Å². The van der Waals surface area contributed by atoms with E-state index in [4.69, 9.17) is 10.2 Å². The molecule has 3 aromatic rings. The number of aromatic nitrogens is 2. The molecule has 8 nitrogen and oxygen atoms in total. The number of hydrazone groups is 1. The van der Waals surface area contributed by atoms with Gasteiger partial charge in [0.25, 0.3) is 0 Å². The zero-order chi connectivity index (χ0) is 19.9. The van der Waals surface area contributed by atoms with Gasteiger partial charge in [0.1, 0.15) is 5.75 Å². The lowest BCUT2D eigenvalue weighted by molar-refractivity contribution is 0.475. The molecule has 1 aliphatic rings. The highest BCUT2D eigenvalue weighted by Crippen LogP contribution is 2.37. The number of aromatic hydroxyl groups is 1. The van der Waals surface area contributed by atoms with Crippen LogP contribution in [0.25, 0.3) is 0 Å². The number of sulfonamides is 1. The van der Waals surface area contributed by atoms with Gasteiger partial charge in [-0.1, -0.05) is 12.1 Å². The fourth-order valence-corrected chi connectivity index (χ4v) is 3.78. The molecule has 9 heteroatoms. The van der Waals surface area contributed by atoms with Gasteiger partial charge in [-0.15, -0.1) is 0 Å². The second kappa shape index (κ2) is 6.77. The topological polar surface area (TPSA) is 114 Å². The number of nitrogens with zero attached hydrogens (tertiary/aromatic N) is 4. The van der Waals surface area contributed by atoms with Crippen molar-refractivity contribution >= 4 is 21.4 Å². The third kappa shape index (κ3) is 3.49. The van der Waals surface area contributed by atoms with Crippen LogP contribution in [0.15, 0.2) is 70.9 Å². The first-order valence-electron chi connectivity index (χ1n) is 8.59. The van der Waals surface area contributed by atoms with Gasteiger partial charge in [0.2, 0.25) is 10.0 Å². The molecule has 1 atom stereocenters. The van der Waals surface area contributed by atoms with Crippen LogP contribution in [-0.4, -0.2) is 29.0 Å². The van der Waals surface area contributed by atoms with Crippen molar-refractivity contribution in [3.05, 3.63) is 72.1 Å². The first kappa shape index (κ1) is 18.2. The Balaban J connectivity index is 1.75. The molecule has 0 saturated heterocycles. The zero-order valence-electron chi connectivity index (χ0n) is 15.1. The normalized spacial score (nSPS) is 17.0. The maximum atomic E-state index is 11.5. The predicted octanol–water partition coefficient (Wildman–Crippen LogP) is 2.13. The molecule has 1 aliphatic heterocycles. The van der Waals surface area contributed by atoms with Crippen molar-refractivity contribution in [1.82, 2.24) is 9.78 Å². The second-order valence-corrected chi connectivity index (χ2v) is 8.21. The van der Waals surface area contributed by atoms with Crippen LogP contribution in [0.3, 0.4) is 0 Å². The summed E-state index contributed by atoms with van der Waals surface area (Å²) in [6.07, 6.45) is 4.33. The fraction of sp³-hybridized carbons (Fsp3) is 0.158. The molecule has 1 aromatic heterocycles. The lowest BCUT2D eigenvalue weighted by Gasteiger charge is -2.22. The lowest BCUT2D eigenvalue weighted by atomic mass is 10.0. The summed E-state index contributed by atoms with van der Waals surface area (Å²) in [6, 6.07) is 13.1. The van der Waals surface area contributed by atoms with Crippen molar-refractivity contribution in [3.63, 3.8) is 0 Å². The molecule has 1 unspecified atom stereocenters. The van der Waals surface area contributed by atoms with E-state index in [2.05, 4.69) is 5.10 Å². The van der Waals surface area contributed by atoms with Crippen LogP contribution in [0.2, 0.25) is 0 Å². The van der Waals surface area contributed by atoms with Crippen LogP contribution in [-0.2, 0) is 17.1 Å². The number of hydrogen-bond acceptors (Lipinski definition) is 6. The Kier molecular flexibility index (Phi) is 4.40. The van der Waals surface area contributed by atoms with Gasteiger partial charge in [0.15, 0.2) is 0 Å². The van der Waals surface area contributed by atoms with Crippen molar-refractivity contribution in [2.75, 3.05) is 5.01 Å². The SMILES string of the molecule is Cn1cc(C2CC(c3cccc(O)c3)=NN2c2ccc(S(N)(=O)=O)cc2)cn1. The molecule has 2 aromatic carbocycles. The fourth-order valence-electron chi connectivity index (χ4n) is 3.27. The van der Waals surface area contributed by atoms with E-state index in [1.165, 1.54) is 12.1 Å². The van der Waals surface area contributed by atoms with Gasteiger partial charge in [-0.25, -0.2) is 13.6 Å². The largest absolute Gasteiger partial charge is 0.508 e. The molecule has 28 heavy (non-hydrogen) atoms. The van der Waals surface area contributed by atoms with Crippen molar-refractivity contribution < 1.29 is 13.5 Å². The molecule has 0 bridgehead atoms. The van der Waals surface area contributed by atoms with Crippen LogP contribution in [0.1, 0.15) is 23.6 Å². The summed E-state index contributed by atoms with van der Waals surface area (Å²) in [6.45, 7) is 0. The summed E-state index contributed by atoms with van der Waals surface area (Å²) in [7, 11) is -1.91. The number of aryl methyl sites for hydroxylation is 1. The Morgan fingerprint density at radius 1 is 1.18 bits per heavy atom. The van der Waals surface area contributed by atoms with E-state index in [9.17, 15) is 13.5 Å². The maximum Gasteiger partial charge on any atom is 0.238 e. The third-order valence-electron chi connectivity index (χ3n) is 4.63. The Labute approximate surface area is 162 Å². The Morgan fingerprint density at radius 3 is 2.54 bits per heavy atom. The van der Waals surface area contributed by atoms with Gasteiger partial charge in [0, 0.05) is 30.8 Å². The van der Waals surface area contributed by atoms with E-state index in [0.29, 0.717) is 6.42 Å². The Bertz CT molecular complexity index is 1150. The standard InChI is InChI=1S/C19H19N5O3S/c1-23-12-14(11-21-23)19-10-18(13-3-2-4-16(25)9-13)22-24(19)15-5-7-17(8-6-15)28(20,26)27/h2-9,11-12,19,25H,10H2,1H3,(H2,20,26,27). The summed E-state index contributed by atoms with van der Waals surface area (Å²) < 4.78 is 24.8. The molecule has 4 rings (SSSR count). The number of benzene rings is 2. The first-order chi connectivity index (χ1) is 13.3. The van der Waals surface area contributed by atoms with Crippen LogP contribution in [0.5, 0.6) is 5.75 Å². The van der Waals surface area contributed by atoms with Crippen molar-refractivity contribution in [3.8, 4) is 5.75 Å². The smallest absolute Gasteiger partial charge is 0.238 e. The molecule has 0 radical (unpaired) electrons. The molecule has 2 heterocycles. The Hall–Kier alpha value is -3.17. The molecule has 0 amide bonds. The summed E-state index contributed by atoms with van der Waals surface area (Å²) in [5, 5.41) is 25.8. The summed E-state index contributed by atoms with van der Waals surface area (Å²) >= 11 is 0. The molecule has 0 spiro atoms. The van der Waals surface area contributed by atoms with Crippen LogP contribution in [0, 0.1) is 0 Å². The van der Waals surface area contributed by atoms with Crippen molar-refractivity contribution in [2.24, 2.45) is 17.3 Å². The minimum absolute atomic E-state index is 0.0468. The van der Waals surface area contributed by atoms with Gasteiger partial charge >= 0.3 is 0 Å². The van der Waals surface area contributed by atoms with Crippen LogP contribution >= 0.6 is 0 Å². The molecular weight excluding hydrogens is 378 g/mol. The van der Waals surface area contributed by atoms with Gasteiger partial charge < -0.3 is 5.11 Å². The predicted molar refractivity (Wildman–Crippen MR) is 106 cm³/mol. The quantitative estimate of drug-likeness (QED) is 0.700. The number of phenols is 1. The average molecular weight is 397 g/mol. The maximum absolute atomic E-state index is 11.5. The number of primary sulfonamides is 1. The molecule has 3 N–H and O–H groups in total. The molecule has 144 valence electrons. The van der Waals surface area contributed by atoms with Crippen LogP contribution in [0.4, 0.5) is 5.69 Å². The number of rotatable bonds is 4. The first-order valence-corrected chi connectivity index (χ1v) is 10.1. The highest BCUT2D eigenvalue weighted by Gasteiger charge is 2.31. The van der Waals surface area contributed by atoms with Crippen molar-refractivity contribution in [2.45, 2.75) is 17.4 Å². The van der Waals surface area contributed by atoms with Crippen LogP contribution < -0.4 is 10.1 Å². The number of hydrogen-bond donors (Lipinski definition) is 2. The molecule has 0 saturated carbocycles. The van der Waals surface area contributed by atoms with E-state index in [1.54, 1.807) is 41.2 Å². The number of anilines is 1. The minimum atomic E-state index is -3.76. The minimum Gasteiger partial charge on any atom is -0.508 e. The highest BCUT2D eigenvalue weighted by atomic mass is 32.2. The zero-order valence-corrected chi connectivity index (χ0v) is 15.9. The van der Waals surface area contributed by atoms with E-state index in [0.717, 1.165) is 22.5 Å². The van der Waals surface area contributed by atoms with Gasteiger partial charge in [-0.05, 0) is 36.4 Å². The highest BCUT2D eigenvalue weighted by molar-refractivity contribution is 7.89. The number of nitrogens with two attached hydrogens (primary N) is 1. The summed E-state index contributed by atoms with van der Waals surface area (Å²) in [4.78, 5) is 0.0468. The average Bonchev–Trinajstić information content (AvgIpc) is 3.27. The second-order valence-electron chi connectivity index (χ2n) is 6.65. The molecule has 0 aliphatic carbocycles. The summed E-state index contributed by atoms with van der Waals surface area (Å²) in [5.74, 6) is 0.175. The van der Waals surface area contributed by atoms with E-state index in [1.807, 2.05) is 24.3 Å². The lowest BCUT2D eigenvalue weighted by Crippen LogP contribution is -2.18. The molecule has 0 fully saturated rings. The van der Waals surface area contributed by atoms with Gasteiger partial charge in [-0.3, -0.25) is 9.69 Å².